The number of hydrogen-bond donors (Lipinski definition) is 1. The van der Waals surface area contributed by atoms with Gasteiger partial charge in [-0.3, -0.25) is 4.79 Å². The normalized spacial score (nSPS) is 16.2. The van der Waals surface area contributed by atoms with Gasteiger partial charge in [0.15, 0.2) is 34.6 Å². The largest absolute Gasteiger partial charge is 0.487 e. The Kier molecular flexibility index (Phi) is 7.29. The number of aromatic nitrogens is 6. The molecular formula is C30H28F2N10O3. The fraction of sp³-hybridized carbons (Fsp3) is 0.267. The van der Waals surface area contributed by atoms with Crippen LogP contribution in [0.25, 0.3) is 16.6 Å². The molecule has 0 radical (unpaired) electrons. The molecule has 0 spiro atoms. The molecule has 13 nitrogen and oxygen atoms in total. The van der Waals surface area contributed by atoms with Crippen molar-refractivity contribution >= 4 is 39.8 Å². The van der Waals surface area contributed by atoms with Crippen molar-refractivity contribution < 1.29 is 23.0 Å². The summed E-state index contributed by atoms with van der Waals surface area (Å²) in [6.07, 6.45) is 9.33. The predicted molar refractivity (Wildman–Crippen MR) is 161 cm³/mol. The Bertz CT molecular complexity index is 1950. The van der Waals surface area contributed by atoms with Crippen LogP contribution in [-0.4, -0.2) is 98.2 Å². The van der Waals surface area contributed by atoms with Crippen molar-refractivity contribution in [3.05, 3.63) is 73.1 Å². The maximum atomic E-state index is 15.3. The van der Waals surface area contributed by atoms with Crippen molar-refractivity contribution in [3.8, 4) is 17.2 Å². The van der Waals surface area contributed by atoms with Gasteiger partial charge in [0.05, 0.1) is 28.8 Å². The number of carbonyl (C=O) groups is 1. The second-order valence-electron chi connectivity index (χ2n) is 10.9. The van der Waals surface area contributed by atoms with E-state index >= 15 is 8.78 Å². The second-order valence-corrected chi connectivity index (χ2v) is 10.9. The van der Waals surface area contributed by atoms with Gasteiger partial charge in [-0.1, -0.05) is 6.08 Å². The minimum Gasteiger partial charge on any atom is -0.487 e. The number of rotatable bonds is 7. The molecule has 45 heavy (non-hydrogen) atoms. The third kappa shape index (κ3) is 5.53. The Hall–Kier alpha value is -5.44. The number of nitrogens with zero attached hydrogens (tertiary/aromatic N) is 9. The van der Waals surface area contributed by atoms with Gasteiger partial charge in [0.25, 0.3) is 0 Å². The number of pyridine rings is 2. The molecule has 1 amide bonds. The molecule has 15 heteroatoms. The Morgan fingerprint density at radius 3 is 2.89 bits per heavy atom. The quantitative estimate of drug-likeness (QED) is 0.271. The smallest absolute Gasteiger partial charge is 0.246 e. The third-order valence-electron chi connectivity index (χ3n) is 7.59. The summed E-state index contributed by atoms with van der Waals surface area (Å²) >= 11 is 0. The standard InChI is InChI=1S/C30H28F2N10O3/c1-39(2)6-3-4-26(43)40-8-9-41-18(14-40)15-44-28-27-23(13-33-30(28)41)34-16-36-29(27)38-22-11-21(32)24(12-20(22)31)45-19-5-7-42-25(10-19)35-17-37-42/h3-5,7,10-13,16-18H,6,8-9,14-15H2,1-2H3,(H,34,36,38)/b4-3+/t18-/m1/s1. The lowest BCUT2D eigenvalue weighted by Crippen LogP contribution is -2.58. The molecule has 2 aliphatic rings. The highest BCUT2D eigenvalue weighted by Crippen LogP contribution is 2.42. The van der Waals surface area contributed by atoms with E-state index in [9.17, 15) is 4.79 Å². The van der Waals surface area contributed by atoms with Gasteiger partial charge in [0.1, 0.15) is 30.8 Å². The zero-order valence-corrected chi connectivity index (χ0v) is 24.4. The van der Waals surface area contributed by atoms with E-state index in [1.165, 1.54) is 17.2 Å². The topological polar surface area (TPSA) is 126 Å². The molecule has 7 rings (SSSR count). The molecule has 2 aliphatic heterocycles. The van der Waals surface area contributed by atoms with Crippen molar-refractivity contribution in [2.75, 3.05) is 57.1 Å². The van der Waals surface area contributed by atoms with Crippen molar-refractivity contribution in [3.63, 3.8) is 0 Å². The van der Waals surface area contributed by atoms with Gasteiger partial charge < -0.3 is 29.5 Å². The Labute approximate surface area is 255 Å². The van der Waals surface area contributed by atoms with E-state index in [-0.39, 0.29) is 35.0 Å². The van der Waals surface area contributed by atoms with E-state index in [1.807, 2.05) is 25.1 Å². The molecule has 1 aromatic carbocycles. The molecule has 1 fully saturated rings. The van der Waals surface area contributed by atoms with E-state index in [0.717, 1.165) is 12.1 Å². The first-order valence-corrected chi connectivity index (χ1v) is 14.2. The van der Waals surface area contributed by atoms with E-state index in [0.29, 0.717) is 60.9 Å². The highest BCUT2D eigenvalue weighted by molar-refractivity contribution is 5.99. The summed E-state index contributed by atoms with van der Waals surface area (Å²) in [5, 5.41) is 7.39. The van der Waals surface area contributed by atoms with Crippen molar-refractivity contribution in [2.45, 2.75) is 6.04 Å². The first-order chi connectivity index (χ1) is 21.8. The number of nitrogens with one attached hydrogen (secondary N) is 1. The molecule has 5 aromatic rings. The van der Waals surface area contributed by atoms with Crippen LogP contribution in [0.2, 0.25) is 0 Å². The summed E-state index contributed by atoms with van der Waals surface area (Å²) in [4.78, 5) is 36.0. The number of anilines is 3. The monoisotopic (exact) mass is 614 g/mol. The lowest BCUT2D eigenvalue weighted by Gasteiger charge is -2.44. The number of likely N-dealkylation sites (N-methyl/N-ethyl adjacent to an activating group) is 1. The average molecular weight is 615 g/mol. The number of fused-ring (bicyclic) bond motifs is 6. The zero-order valence-electron chi connectivity index (χ0n) is 24.4. The van der Waals surface area contributed by atoms with Crippen LogP contribution >= 0.6 is 0 Å². The molecule has 1 saturated heterocycles. The Balaban J connectivity index is 1.13. The molecule has 0 bridgehead atoms. The van der Waals surface area contributed by atoms with Gasteiger partial charge in [0, 0.05) is 56.7 Å². The molecular weight excluding hydrogens is 586 g/mol. The SMILES string of the molecule is CN(C)C/C=C/C(=O)N1CCN2c3ncc4ncnc(Nc5cc(F)c(Oc6ccn7ncnc7c6)cc5F)c4c3OC[C@H]2C1. The minimum atomic E-state index is -0.787. The van der Waals surface area contributed by atoms with Gasteiger partial charge >= 0.3 is 0 Å². The van der Waals surface area contributed by atoms with Gasteiger partial charge in [0.2, 0.25) is 5.91 Å². The molecule has 1 N–H and O–H groups in total. The molecule has 1 atom stereocenters. The number of ether oxygens (including phenoxy) is 2. The van der Waals surface area contributed by atoms with E-state index in [1.54, 1.807) is 35.5 Å². The van der Waals surface area contributed by atoms with Crippen LogP contribution in [0.5, 0.6) is 17.2 Å². The summed E-state index contributed by atoms with van der Waals surface area (Å²) in [5.74, 6) is -0.379. The molecule has 0 aliphatic carbocycles. The number of piperazine rings is 1. The molecule has 0 saturated carbocycles. The van der Waals surface area contributed by atoms with Crippen molar-refractivity contribution in [2.24, 2.45) is 0 Å². The van der Waals surface area contributed by atoms with Crippen LogP contribution in [-0.2, 0) is 4.79 Å². The van der Waals surface area contributed by atoms with Gasteiger partial charge in [-0.25, -0.2) is 33.2 Å². The van der Waals surface area contributed by atoms with E-state index in [4.69, 9.17) is 9.47 Å². The maximum absolute atomic E-state index is 15.3. The Morgan fingerprint density at radius 2 is 2.02 bits per heavy atom. The number of halogens is 2. The summed E-state index contributed by atoms with van der Waals surface area (Å²) in [6, 6.07) is 4.99. The van der Waals surface area contributed by atoms with Gasteiger partial charge in [-0.2, -0.15) is 5.10 Å². The van der Waals surface area contributed by atoms with Crippen LogP contribution in [0, 0.1) is 11.6 Å². The second kappa shape index (κ2) is 11.6. The van der Waals surface area contributed by atoms with Crippen LogP contribution in [0.15, 0.2) is 61.5 Å². The van der Waals surface area contributed by atoms with Crippen molar-refractivity contribution in [1.29, 1.82) is 0 Å². The number of carbonyl (C=O) groups excluding carboxylic acids is 1. The van der Waals surface area contributed by atoms with Gasteiger partial charge in [-0.15, -0.1) is 0 Å². The fourth-order valence-corrected chi connectivity index (χ4v) is 5.39. The van der Waals surface area contributed by atoms with Crippen molar-refractivity contribution in [1.82, 2.24) is 39.3 Å². The number of hydrogen-bond acceptors (Lipinski definition) is 11. The average Bonchev–Trinajstić information content (AvgIpc) is 3.50. The highest BCUT2D eigenvalue weighted by atomic mass is 19.1. The van der Waals surface area contributed by atoms with Gasteiger partial charge in [-0.05, 0) is 20.2 Å². The van der Waals surface area contributed by atoms with E-state index in [2.05, 4.69) is 35.3 Å². The molecule has 4 aromatic heterocycles. The first kappa shape index (κ1) is 28.3. The van der Waals surface area contributed by atoms with E-state index < -0.39 is 11.6 Å². The van der Waals surface area contributed by atoms with Crippen LogP contribution in [0.4, 0.5) is 26.1 Å². The fourth-order valence-electron chi connectivity index (χ4n) is 5.39. The minimum absolute atomic E-state index is 0.0456. The summed E-state index contributed by atoms with van der Waals surface area (Å²) in [5.41, 5.74) is 0.813. The highest BCUT2D eigenvalue weighted by Gasteiger charge is 2.36. The van der Waals surface area contributed by atoms with Crippen LogP contribution in [0.3, 0.4) is 0 Å². The van der Waals surface area contributed by atoms with Crippen LogP contribution < -0.4 is 19.7 Å². The molecule has 6 heterocycles. The summed E-state index contributed by atoms with van der Waals surface area (Å²) < 4.78 is 43.8. The first-order valence-electron chi connectivity index (χ1n) is 14.2. The molecule has 230 valence electrons. The molecule has 0 unspecified atom stereocenters. The van der Waals surface area contributed by atoms with Crippen LogP contribution in [0.1, 0.15) is 0 Å². The number of amides is 1. The predicted octanol–water partition coefficient (Wildman–Crippen LogP) is 3.41. The lowest BCUT2D eigenvalue weighted by molar-refractivity contribution is -0.127. The summed E-state index contributed by atoms with van der Waals surface area (Å²) in [6.45, 7) is 2.52. The number of benzene rings is 1. The Morgan fingerprint density at radius 1 is 1.13 bits per heavy atom. The zero-order chi connectivity index (χ0) is 31.1. The third-order valence-corrected chi connectivity index (χ3v) is 7.59. The lowest BCUT2D eigenvalue weighted by atomic mass is 10.1. The summed E-state index contributed by atoms with van der Waals surface area (Å²) in [7, 11) is 3.88. The maximum Gasteiger partial charge on any atom is 0.246 e.